The Bertz CT molecular complexity index is 440. The maximum absolute atomic E-state index is 12.4. The summed E-state index contributed by atoms with van der Waals surface area (Å²) in [5.41, 5.74) is -1.54. The van der Waals surface area contributed by atoms with Gasteiger partial charge in [0.25, 0.3) is 0 Å². The molecule has 22 heavy (non-hydrogen) atoms. The van der Waals surface area contributed by atoms with E-state index in [9.17, 15) is 14.4 Å². The Labute approximate surface area is 132 Å². The Kier molecular flexibility index (Phi) is 5.97. The zero-order valence-electron chi connectivity index (χ0n) is 14.2. The third kappa shape index (κ3) is 5.00. The molecule has 0 aromatic carbocycles. The number of amides is 1. The summed E-state index contributed by atoms with van der Waals surface area (Å²) in [5.74, 6) is -0.488. The number of likely N-dealkylation sites (tertiary alicyclic amines) is 1. The van der Waals surface area contributed by atoms with Crippen molar-refractivity contribution in [2.45, 2.75) is 59.5 Å². The number of rotatable bonds is 4. The lowest BCUT2D eigenvalue weighted by Gasteiger charge is -2.40. The molecule has 6 nitrogen and oxygen atoms in total. The fraction of sp³-hybridized carbons (Fsp3) is 0.812. The monoisotopic (exact) mass is 313 g/mol. The molecule has 1 rings (SSSR count). The van der Waals surface area contributed by atoms with E-state index in [4.69, 9.17) is 9.47 Å². The second-order valence-electron chi connectivity index (χ2n) is 6.89. The van der Waals surface area contributed by atoms with Gasteiger partial charge in [-0.3, -0.25) is 9.59 Å². The zero-order chi connectivity index (χ0) is 17.0. The van der Waals surface area contributed by atoms with Crippen molar-refractivity contribution in [3.63, 3.8) is 0 Å². The normalized spacial score (nSPS) is 22.1. The van der Waals surface area contributed by atoms with E-state index in [-0.39, 0.29) is 25.4 Å². The predicted molar refractivity (Wildman–Crippen MR) is 81.4 cm³/mol. The van der Waals surface area contributed by atoms with Gasteiger partial charge in [-0.25, -0.2) is 4.79 Å². The van der Waals surface area contributed by atoms with Gasteiger partial charge in [0, 0.05) is 19.5 Å². The summed E-state index contributed by atoms with van der Waals surface area (Å²) >= 11 is 0. The number of carbonyl (C=O) groups is 3. The second kappa shape index (κ2) is 7.11. The highest BCUT2D eigenvalue weighted by atomic mass is 16.6. The van der Waals surface area contributed by atoms with Crippen molar-refractivity contribution in [3.05, 3.63) is 0 Å². The molecule has 6 heteroatoms. The van der Waals surface area contributed by atoms with Gasteiger partial charge in [0.15, 0.2) is 0 Å². The Morgan fingerprint density at radius 3 is 2.36 bits per heavy atom. The van der Waals surface area contributed by atoms with Crippen LogP contribution in [0.15, 0.2) is 0 Å². The first-order chi connectivity index (χ1) is 10.1. The van der Waals surface area contributed by atoms with Crippen molar-refractivity contribution >= 4 is 17.8 Å². The van der Waals surface area contributed by atoms with Gasteiger partial charge >= 0.3 is 12.1 Å². The van der Waals surface area contributed by atoms with E-state index >= 15 is 0 Å². The van der Waals surface area contributed by atoms with Crippen molar-refractivity contribution in [1.29, 1.82) is 0 Å². The molecule has 1 saturated heterocycles. The van der Waals surface area contributed by atoms with Crippen molar-refractivity contribution in [2.75, 3.05) is 19.7 Å². The van der Waals surface area contributed by atoms with Gasteiger partial charge in [-0.2, -0.15) is 0 Å². The number of carbonyl (C=O) groups excluding carboxylic acids is 3. The van der Waals surface area contributed by atoms with Gasteiger partial charge < -0.3 is 14.4 Å². The maximum Gasteiger partial charge on any atom is 0.410 e. The smallest absolute Gasteiger partial charge is 0.410 e. The number of hydrogen-bond donors (Lipinski definition) is 0. The molecular formula is C16H27NO5. The van der Waals surface area contributed by atoms with Crippen LogP contribution in [-0.2, 0) is 19.1 Å². The van der Waals surface area contributed by atoms with Crippen LogP contribution in [-0.4, -0.2) is 48.0 Å². The van der Waals surface area contributed by atoms with Gasteiger partial charge in [-0.1, -0.05) is 0 Å². The molecule has 0 spiro atoms. The number of nitrogens with zero attached hydrogens (tertiary/aromatic N) is 1. The minimum Gasteiger partial charge on any atom is -0.466 e. The minimum absolute atomic E-state index is 0.0842. The summed E-state index contributed by atoms with van der Waals surface area (Å²) in [6.45, 7) is 9.51. The fourth-order valence-electron chi connectivity index (χ4n) is 2.76. The molecule has 1 aliphatic rings. The molecule has 0 aromatic heterocycles. The summed E-state index contributed by atoms with van der Waals surface area (Å²) in [6, 6.07) is 0. The number of ether oxygens (including phenoxy) is 2. The van der Waals surface area contributed by atoms with Gasteiger partial charge in [0.05, 0.1) is 12.0 Å². The molecule has 1 fully saturated rings. The molecule has 1 heterocycles. The van der Waals surface area contributed by atoms with Gasteiger partial charge in [0.2, 0.25) is 0 Å². The van der Waals surface area contributed by atoms with Gasteiger partial charge in [-0.05, 0) is 47.5 Å². The number of Topliss-reactive ketones (excluding diaryl/α,β-unsaturated/α-hetero) is 1. The van der Waals surface area contributed by atoms with Crippen LogP contribution in [0.2, 0.25) is 0 Å². The molecule has 0 bridgehead atoms. The lowest BCUT2D eigenvalue weighted by Crippen LogP contribution is -2.52. The van der Waals surface area contributed by atoms with E-state index < -0.39 is 23.1 Å². The average molecular weight is 313 g/mol. The second-order valence-corrected chi connectivity index (χ2v) is 6.89. The van der Waals surface area contributed by atoms with Crippen LogP contribution in [0.25, 0.3) is 0 Å². The first kappa shape index (κ1) is 18.5. The van der Waals surface area contributed by atoms with Crippen LogP contribution < -0.4 is 0 Å². The van der Waals surface area contributed by atoms with Crippen molar-refractivity contribution in [1.82, 2.24) is 4.90 Å². The van der Waals surface area contributed by atoms with Crippen LogP contribution in [0.4, 0.5) is 4.79 Å². The number of hydrogen-bond acceptors (Lipinski definition) is 5. The SMILES string of the molecule is CCOC(=O)C1(CC(C)=O)CCCN(C(=O)OC(C)(C)C)C1. The Balaban J connectivity index is 2.92. The third-order valence-electron chi connectivity index (χ3n) is 3.52. The van der Waals surface area contributed by atoms with Crippen LogP contribution in [0, 0.1) is 5.41 Å². The average Bonchev–Trinajstić information content (AvgIpc) is 2.36. The topological polar surface area (TPSA) is 72.9 Å². The largest absolute Gasteiger partial charge is 0.466 e. The summed E-state index contributed by atoms with van der Waals surface area (Å²) in [5, 5.41) is 0. The van der Waals surface area contributed by atoms with E-state index in [1.807, 2.05) is 0 Å². The van der Waals surface area contributed by atoms with Crippen LogP contribution >= 0.6 is 0 Å². The molecule has 0 radical (unpaired) electrons. The standard InChI is InChI=1S/C16H27NO5/c1-6-21-13(19)16(10-12(2)18)8-7-9-17(11-16)14(20)22-15(3,4)5/h6-11H2,1-5H3. The lowest BCUT2D eigenvalue weighted by atomic mass is 9.76. The predicted octanol–water partition coefficient (Wildman–Crippen LogP) is 2.55. The van der Waals surface area contributed by atoms with Crippen molar-refractivity contribution < 1.29 is 23.9 Å². The summed E-state index contributed by atoms with van der Waals surface area (Å²) in [6.07, 6.45) is 0.825. The van der Waals surface area contributed by atoms with Crippen molar-refractivity contribution in [3.8, 4) is 0 Å². The van der Waals surface area contributed by atoms with Gasteiger partial charge in [-0.15, -0.1) is 0 Å². The molecule has 0 N–H and O–H groups in total. The van der Waals surface area contributed by atoms with Crippen LogP contribution in [0.5, 0.6) is 0 Å². The summed E-state index contributed by atoms with van der Waals surface area (Å²) < 4.78 is 10.5. The third-order valence-corrected chi connectivity index (χ3v) is 3.52. The quantitative estimate of drug-likeness (QED) is 0.746. The zero-order valence-corrected chi connectivity index (χ0v) is 14.2. The van der Waals surface area contributed by atoms with Crippen molar-refractivity contribution in [2.24, 2.45) is 5.41 Å². The minimum atomic E-state index is -0.947. The summed E-state index contributed by atoms with van der Waals surface area (Å²) in [7, 11) is 0. The van der Waals surface area contributed by atoms with E-state index in [0.717, 1.165) is 0 Å². The summed E-state index contributed by atoms with van der Waals surface area (Å²) in [4.78, 5) is 37.7. The van der Waals surface area contributed by atoms with E-state index in [1.165, 1.54) is 11.8 Å². The lowest BCUT2D eigenvalue weighted by molar-refractivity contribution is -0.161. The Morgan fingerprint density at radius 1 is 1.23 bits per heavy atom. The molecule has 0 saturated carbocycles. The van der Waals surface area contributed by atoms with Crippen LogP contribution in [0.3, 0.4) is 0 Å². The number of ketones is 1. The Hall–Kier alpha value is -1.59. The number of esters is 1. The fourth-order valence-corrected chi connectivity index (χ4v) is 2.76. The molecule has 126 valence electrons. The first-order valence-electron chi connectivity index (χ1n) is 7.74. The van der Waals surface area contributed by atoms with Crippen LogP contribution in [0.1, 0.15) is 53.9 Å². The van der Waals surface area contributed by atoms with Gasteiger partial charge in [0.1, 0.15) is 11.4 Å². The Morgan fingerprint density at radius 2 is 1.86 bits per heavy atom. The van der Waals surface area contributed by atoms with E-state index in [2.05, 4.69) is 0 Å². The molecular weight excluding hydrogens is 286 g/mol. The van der Waals surface area contributed by atoms with E-state index in [0.29, 0.717) is 19.4 Å². The highest BCUT2D eigenvalue weighted by Gasteiger charge is 2.46. The molecule has 0 aromatic rings. The highest BCUT2D eigenvalue weighted by molar-refractivity contribution is 5.86. The molecule has 1 amide bonds. The first-order valence-corrected chi connectivity index (χ1v) is 7.74. The maximum atomic E-state index is 12.4. The molecule has 1 unspecified atom stereocenters. The van der Waals surface area contributed by atoms with E-state index in [1.54, 1.807) is 27.7 Å². The highest BCUT2D eigenvalue weighted by Crippen LogP contribution is 2.36. The molecule has 1 atom stereocenters. The molecule has 1 aliphatic heterocycles. The molecule has 0 aliphatic carbocycles. The number of piperidine rings is 1.